The van der Waals surface area contributed by atoms with Crippen LogP contribution in [-0.4, -0.2) is 0 Å². The highest BCUT2D eigenvalue weighted by Crippen LogP contribution is 2.33. The van der Waals surface area contributed by atoms with E-state index >= 15 is 0 Å². The van der Waals surface area contributed by atoms with Crippen molar-refractivity contribution in [3.05, 3.63) is 23.7 Å². The Morgan fingerprint density at radius 2 is 1.92 bits per heavy atom. The summed E-state index contributed by atoms with van der Waals surface area (Å²) in [5.41, 5.74) is 1.67. The first kappa shape index (κ1) is 9.37. The van der Waals surface area contributed by atoms with Crippen molar-refractivity contribution in [3.8, 4) is 0 Å². The van der Waals surface area contributed by atoms with E-state index in [-0.39, 0.29) is 0 Å². The van der Waals surface area contributed by atoms with E-state index in [1.165, 1.54) is 18.4 Å². The normalized spacial score (nSPS) is 12.0. The molecule has 0 fully saturated rings. The van der Waals surface area contributed by atoms with Crippen LogP contribution in [0.15, 0.2) is 16.7 Å². The summed E-state index contributed by atoms with van der Waals surface area (Å²) in [6.07, 6.45) is 4.13. The van der Waals surface area contributed by atoms with Gasteiger partial charge >= 0.3 is 0 Å². The summed E-state index contributed by atoms with van der Waals surface area (Å²) in [5.74, 6) is 1.07. The Morgan fingerprint density at radius 3 is 2.25 bits per heavy atom. The topological polar surface area (TPSA) is 13.1 Å². The van der Waals surface area contributed by atoms with Crippen LogP contribution in [0.2, 0.25) is 0 Å². The lowest BCUT2D eigenvalue weighted by Crippen LogP contribution is -2.19. The van der Waals surface area contributed by atoms with Gasteiger partial charge < -0.3 is 4.42 Å². The lowest BCUT2D eigenvalue weighted by atomic mass is 9.78. The van der Waals surface area contributed by atoms with E-state index in [1.54, 1.807) is 6.26 Å². The first-order chi connectivity index (χ1) is 5.64. The maximum absolute atomic E-state index is 5.31. The zero-order chi connectivity index (χ0) is 9.19. The molecule has 12 heavy (non-hydrogen) atoms. The highest BCUT2D eigenvalue weighted by molar-refractivity contribution is 5.25. The van der Waals surface area contributed by atoms with Crippen LogP contribution in [0, 0.1) is 6.92 Å². The fourth-order valence-electron chi connectivity index (χ4n) is 1.64. The minimum absolute atomic E-state index is 0.303. The molecule has 68 valence electrons. The van der Waals surface area contributed by atoms with Crippen molar-refractivity contribution in [2.24, 2.45) is 0 Å². The highest BCUT2D eigenvalue weighted by Gasteiger charge is 2.25. The molecular formula is C11H18O. The fraction of sp³-hybridized carbons (Fsp3) is 0.636. The Morgan fingerprint density at radius 1 is 1.33 bits per heavy atom. The molecule has 0 radical (unpaired) electrons. The van der Waals surface area contributed by atoms with Gasteiger partial charge in [0.15, 0.2) is 0 Å². The Bertz CT molecular complexity index is 243. The van der Waals surface area contributed by atoms with Crippen molar-refractivity contribution in [2.75, 3.05) is 0 Å². The Kier molecular flexibility index (Phi) is 2.61. The van der Waals surface area contributed by atoms with Crippen LogP contribution < -0.4 is 0 Å². The molecule has 0 aromatic carbocycles. The van der Waals surface area contributed by atoms with Gasteiger partial charge in [0.25, 0.3) is 0 Å². The summed E-state index contributed by atoms with van der Waals surface area (Å²) in [6, 6.07) is 2.10. The molecule has 0 aliphatic rings. The lowest BCUT2D eigenvalue weighted by Gasteiger charge is -2.26. The smallest absolute Gasteiger partial charge is 0.104 e. The largest absolute Gasteiger partial charge is 0.469 e. The van der Waals surface area contributed by atoms with Gasteiger partial charge in [0.1, 0.15) is 5.76 Å². The molecule has 1 aromatic rings. The van der Waals surface area contributed by atoms with Crippen LogP contribution in [0.4, 0.5) is 0 Å². The maximum Gasteiger partial charge on any atom is 0.104 e. The van der Waals surface area contributed by atoms with E-state index in [4.69, 9.17) is 4.42 Å². The van der Waals surface area contributed by atoms with E-state index in [0.717, 1.165) is 5.76 Å². The van der Waals surface area contributed by atoms with E-state index < -0.39 is 0 Å². The van der Waals surface area contributed by atoms with Crippen molar-refractivity contribution < 1.29 is 4.42 Å². The molecule has 0 spiro atoms. The molecule has 0 aliphatic heterocycles. The SMILES string of the molecule is CCC(C)(CC)c1ccoc1C. The van der Waals surface area contributed by atoms with Gasteiger partial charge in [0.05, 0.1) is 6.26 Å². The molecule has 0 amide bonds. The molecule has 1 heterocycles. The predicted octanol–water partition coefficient (Wildman–Crippen LogP) is 3.67. The Labute approximate surface area is 74.8 Å². The summed E-state index contributed by atoms with van der Waals surface area (Å²) < 4.78 is 5.31. The molecule has 1 heteroatoms. The van der Waals surface area contributed by atoms with E-state index in [0.29, 0.717) is 5.41 Å². The van der Waals surface area contributed by atoms with Crippen LogP contribution in [0.1, 0.15) is 44.9 Å². The zero-order valence-corrected chi connectivity index (χ0v) is 8.48. The first-order valence-corrected chi connectivity index (χ1v) is 4.68. The third kappa shape index (κ3) is 1.40. The second-order valence-electron chi connectivity index (χ2n) is 3.66. The van der Waals surface area contributed by atoms with Crippen LogP contribution >= 0.6 is 0 Å². The molecule has 0 saturated heterocycles. The predicted molar refractivity (Wildman–Crippen MR) is 51.4 cm³/mol. The minimum atomic E-state index is 0.303. The first-order valence-electron chi connectivity index (χ1n) is 4.68. The number of hydrogen-bond acceptors (Lipinski definition) is 1. The minimum Gasteiger partial charge on any atom is -0.469 e. The molecule has 0 bridgehead atoms. The molecular weight excluding hydrogens is 148 g/mol. The van der Waals surface area contributed by atoms with Crippen molar-refractivity contribution >= 4 is 0 Å². The number of hydrogen-bond donors (Lipinski definition) is 0. The van der Waals surface area contributed by atoms with Gasteiger partial charge in [-0.3, -0.25) is 0 Å². The molecule has 0 atom stereocenters. The van der Waals surface area contributed by atoms with Gasteiger partial charge in [0, 0.05) is 0 Å². The summed E-state index contributed by atoms with van der Waals surface area (Å²) in [6.45, 7) is 8.80. The summed E-state index contributed by atoms with van der Waals surface area (Å²) in [7, 11) is 0. The van der Waals surface area contributed by atoms with Gasteiger partial charge in [0.2, 0.25) is 0 Å². The maximum atomic E-state index is 5.31. The third-order valence-corrected chi connectivity index (χ3v) is 3.07. The van der Waals surface area contributed by atoms with Crippen LogP contribution in [0.3, 0.4) is 0 Å². The molecule has 0 N–H and O–H groups in total. The molecule has 1 nitrogen and oxygen atoms in total. The van der Waals surface area contributed by atoms with Gasteiger partial charge in [-0.2, -0.15) is 0 Å². The average molecular weight is 166 g/mol. The fourth-order valence-corrected chi connectivity index (χ4v) is 1.64. The second-order valence-corrected chi connectivity index (χ2v) is 3.66. The van der Waals surface area contributed by atoms with Crippen molar-refractivity contribution in [3.63, 3.8) is 0 Å². The summed E-state index contributed by atoms with van der Waals surface area (Å²) in [4.78, 5) is 0. The van der Waals surface area contributed by atoms with Crippen molar-refractivity contribution in [1.82, 2.24) is 0 Å². The van der Waals surface area contributed by atoms with Crippen LogP contribution in [0.5, 0.6) is 0 Å². The van der Waals surface area contributed by atoms with Gasteiger partial charge in [-0.25, -0.2) is 0 Å². The average Bonchev–Trinajstić information content (AvgIpc) is 2.51. The van der Waals surface area contributed by atoms with E-state index in [1.807, 2.05) is 6.92 Å². The monoisotopic (exact) mass is 166 g/mol. The number of rotatable bonds is 3. The molecule has 0 unspecified atom stereocenters. The number of furan rings is 1. The molecule has 0 aliphatic carbocycles. The van der Waals surface area contributed by atoms with Gasteiger partial charge in [-0.15, -0.1) is 0 Å². The van der Waals surface area contributed by atoms with E-state index in [2.05, 4.69) is 26.8 Å². The quantitative estimate of drug-likeness (QED) is 0.667. The van der Waals surface area contributed by atoms with Crippen molar-refractivity contribution in [2.45, 2.75) is 46.0 Å². The molecule has 1 aromatic heterocycles. The highest BCUT2D eigenvalue weighted by atomic mass is 16.3. The lowest BCUT2D eigenvalue weighted by molar-refractivity contribution is 0.423. The van der Waals surface area contributed by atoms with E-state index in [9.17, 15) is 0 Å². The second kappa shape index (κ2) is 3.34. The van der Waals surface area contributed by atoms with Gasteiger partial charge in [-0.05, 0) is 36.8 Å². The third-order valence-electron chi connectivity index (χ3n) is 3.07. The molecule has 0 saturated carbocycles. The Hall–Kier alpha value is -0.720. The standard InChI is InChI=1S/C11H18O/c1-5-11(4,6-2)10-7-8-12-9(10)3/h7-8H,5-6H2,1-4H3. The molecule has 1 rings (SSSR count). The van der Waals surface area contributed by atoms with Crippen LogP contribution in [0.25, 0.3) is 0 Å². The summed E-state index contributed by atoms with van der Waals surface area (Å²) >= 11 is 0. The zero-order valence-electron chi connectivity index (χ0n) is 8.48. The number of aryl methyl sites for hydroxylation is 1. The Balaban J connectivity index is 3.02. The van der Waals surface area contributed by atoms with Crippen LogP contribution in [-0.2, 0) is 5.41 Å². The summed E-state index contributed by atoms with van der Waals surface area (Å²) in [5, 5.41) is 0. The van der Waals surface area contributed by atoms with Crippen molar-refractivity contribution in [1.29, 1.82) is 0 Å². The van der Waals surface area contributed by atoms with Gasteiger partial charge in [-0.1, -0.05) is 20.8 Å².